The predicted molar refractivity (Wildman–Crippen MR) is 51.7 cm³/mol. The van der Waals surface area contributed by atoms with Crippen molar-refractivity contribution in [2.24, 2.45) is 0 Å². The molecule has 0 aliphatic rings. The van der Waals surface area contributed by atoms with Gasteiger partial charge in [-0.3, -0.25) is 0 Å². The number of phenols is 1. The van der Waals surface area contributed by atoms with E-state index in [1.165, 1.54) is 12.1 Å². The van der Waals surface area contributed by atoms with Gasteiger partial charge in [-0.05, 0) is 12.1 Å². The van der Waals surface area contributed by atoms with Crippen LogP contribution in [-0.2, 0) is 15.5 Å². The lowest BCUT2D eigenvalue weighted by atomic mass is 10.3. The molecular formula is C8H5F3N2O3S. The van der Waals surface area contributed by atoms with Crippen molar-refractivity contribution in [3.63, 3.8) is 0 Å². The molecule has 92 valence electrons. The fraction of sp³-hybridized carbons (Fsp3) is 0.125. The average molecular weight is 266 g/mol. The van der Waals surface area contributed by atoms with Gasteiger partial charge < -0.3 is 10.1 Å². The van der Waals surface area contributed by atoms with E-state index in [1.807, 2.05) is 4.98 Å². The Balaban J connectivity index is 2.65. The maximum atomic E-state index is 13.1. The van der Waals surface area contributed by atoms with Crippen LogP contribution in [0.5, 0.6) is 5.75 Å². The van der Waals surface area contributed by atoms with Crippen molar-refractivity contribution in [2.75, 3.05) is 0 Å². The zero-order chi connectivity index (χ0) is 12.8. The molecule has 0 fully saturated rings. The van der Waals surface area contributed by atoms with E-state index in [2.05, 4.69) is 4.98 Å². The summed E-state index contributed by atoms with van der Waals surface area (Å²) in [6.07, 6.45) is 0. The van der Waals surface area contributed by atoms with Crippen LogP contribution in [0.15, 0.2) is 18.2 Å². The maximum Gasteiger partial charge on any atom is 0.430 e. The molecule has 0 bridgehead atoms. The van der Waals surface area contributed by atoms with Crippen LogP contribution in [-0.4, -0.2) is 23.5 Å². The Hall–Kier alpha value is -1.77. The standard InChI is InChI=1S/C8H5F3N2O3S/c9-8(10,17(11,15)16)7-12-5-2-1-4(14)3-6(5)13-7/h1-3,14H,(H,12,13). The van der Waals surface area contributed by atoms with Crippen LogP contribution in [0.3, 0.4) is 0 Å². The summed E-state index contributed by atoms with van der Waals surface area (Å²) < 4.78 is 59.1. The van der Waals surface area contributed by atoms with Crippen LogP contribution in [0, 0.1) is 0 Å². The third-order valence-corrected chi connectivity index (χ3v) is 2.85. The molecule has 1 aromatic carbocycles. The van der Waals surface area contributed by atoms with Crippen LogP contribution >= 0.6 is 0 Å². The number of rotatable bonds is 2. The molecule has 0 aliphatic carbocycles. The van der Waals surface area contributed by atoms with Crippen LogP contribution in [0.2, 0.25) is 0 Å². The number of imidazole rings is 1. The van der Waals surface area contributed by atoms with E-state index in [9.17, 15) is 21.1 Å². The third-order valence-electron chi connectivity index (χ3n) is 2.05. The molecule has 2 aromatic rings. The van der Waals surface area contributed by atoms with Gasteiger partial charge in [0.2, 0.25) is 0 Å². The number of aromatic hydroxyl groups is 1. The molecule has 0 radical (unpaired) electrons. The quantitative estimate of drug-likeness (QED) is 0.809. The monoisotopic (exact) mass is 266 g/mol. The lowest BCUT2D eigenvalue weighted by Gasteiger charge is -2.06. The number of fused-ring (bicyclic) bond motifs is 1. The Labute approximate surface area is 93.1 Å². The van der Waals surface area contributed by atoms with E-state index in [1.54, 1.807) is 0 Å². The van der Waals surface area contributed by atoms with Crippen LogP contribution in [0.4, 0.5) is 12.7 Å². The highest BCUT2D eigenvalue weighted by Crippen LogP contribution is 2.34. The first-order chi connectivity index (χ1) is 7.72. The highest BCUT2D eigenvalue weighted by molar-refractivity contribution is 7.87. The first-order valence-corrected chi connectivity index (χ1v) is 5.61. The molecule has 2 rings (SSSR count). The number of nitrogens with one attached hydrogen (secondary N) is 1. The number of alkyl halides is 2. The molecule has 2 N–H and O–H groups in total. The molecule has 0 amide bonds. The summed E-state index contributed by atoms with van der Waals surface area (Å²) in [5.74, 6) is -1.56. The zero-order valence-corrected chi connectivity index (χ0v) is 8.80. The minimum absolute atomic E-state index is 0.0128. The van der Waals surface area contributed by atoms with Gasteiger partial charge >= 0.3 is 15.5 Å². The zero-order valence-electron chi connectivity index (χ0n) is 7.99. The number of nitrogens with zero attached hydrogens (tertiary/aromatic N) is 1. The number of hydrogen-bond donors (Lipinski definition) is 2. The van der Waals surface area contributed by atoms with Crippen molar-refractivity contribution in [1.29, 1.82) is 0 Å². The van der Waals surface area contributed by atoms with Crippen LogP contribution < -0.4 is 0 Å². The van der Waals surface area contributed by atoms with Crippen molar-refractivity contribution < 1.29 is 26.2 Å². The number of phenolic OH excluding ortho intramolecular Hbond substituents is 1. The Bertz CT molecular complexity index is 680. The predicted octanol–water partition coefficient (Wildman–Crippen LogP) is 1.62. The molecule has 0 saturated heterocycles. The largest absolute Gasteiger partial charge is 0.508 e. The summed E-state index contributed by atoms with van der Waals surface area (Å²) in [5, 5.41) is 4.33. The highest BCUT2D eigenvalue weighted by Gasteiger charge is 2.50. The summed E-state index contributed by atoms with van der Waals surface area (Å²) >= 11 is 0. The van der Waals surface area contributed by atoms with Gasteiger partial charge in [-0.1, -0.05) is 3.89 Å². The van der Waals surface area contributed by atoms with E-state index in [0.717, 1.165) is 6.07 Å². The molecule has 0 aliphatic heterocycles. The van der Waals surface area contributed by atoms with E-state index < -0.39 is 21.3 Å². The number of aromatic nitrogens is 2. The van der Waals surface area contributed by atoms with Gasteiger partial charge in [0.25, 0.3) is 0 Å². The second-order valence-electron chi connectivity index (χ2n) is 3.24. The van der Waals surface area contributed by atoms with Crippen molar-refractivity contribution in [3.8, 4) is 5.75 Å². The first-order valence-electron chi connectivity index (χ1n) is 4.23. The molecule has 0 atom stereocenters. The van der Waals surface area contributed by atoms with E-state index >= 15 is 0 Å². The number of hydrogen-bond acceptors (Lipinski definition) is 4. The van der Waals surface area contributed by atoms with Gasteiger partial charge in [0, 0.05) is 6.07 Å². The average Bonchev–Trinajstić information content (AvgIpc) is 2.58. The van der Waals surface area contributed by atoms with Gasteiger partial charge in [-0.2, -0.15) is 17.2 Å². The number of H-pyrrole nitrogens is 1. The fourth-order valence-electron chi connectivity index (χ4n) is 1.25. The number of benzene rings is 1. The number of aromatic amines is 1. The molecule has 1 aromatic heterocycles. The summed E-state index contributed by atoms with van der Waals surface area (Å²) in [6, 6.07) is 3.42. The molecule has 9 heteroatoms. The van der Waals surface area contributed by atoms with Crippen LogP contribution in [0.25, 0.3) is 11.0 Å². The topological polar surface area (TPSA) is 83.1 Å². The van der Waals surface area contributed by atoms with Crippen molar-refractivity contribution in [1.82, 2.24) is 9.97 Å². The molecule has 0 unspecified atom stereocenters. The normalized spacial score (nSPS) is 13.1. The summed E-state index contributed by atoms with van der Waals surface area (Å²) in [7, 11) is -6.10. The van der Waals surface area contributed by atoms with E-state index in [0.29, 0.717) is 0 Å². The Morgan fingerprint density at radius 1 is 1.35 bits per heavy atom. The van der Waals surface area contributed by atoms with Gasteiger partial charge in [0.05, 0.1) is 11.0 Å². The molecule has 0 saturated carbocycles. The van der Waals surface area contributed by atoms with Crippen LogP contribution in [0.1, 0.15) is 5.82 Å². The fourth-order valence-corrected chi connectivity index (χ4v) is 1.58. The summed E-state index contributed by atoms with van der Waals surface area (Å²) in [5.41, 5.74) is -0.0375. The van der Waals surface area contributed by atoms with E-state index in [4.69, 9.17) is 5.11 Å². The lowest BCUT2D eigenvalue weighted by molar-refractivity contribution is 0.0755. The Morgan fingerprint density at radius 2 is 2.00 bits per heavy atom. The molecule has 1 heterocycles. The Kier molecular flexibility index (Phi) is 2.31. The van der Waals surface area contributed by atoms with E-state index in [-0.39, 0.29) is 16.8 Å². The second kappa shape index (κ2) is 3.36. The van der Waals surface area contributed by atoms with Gasteiger partial charge in [0.15, 0.2) is 5.82 Å². The smallest absolute Gasteiger partial charge is 0.430 e. The van der Waals surface area contributed by atoms with Crippen molar-refractivity contribution in [3.05, 3.63) is 24.0 Å². The van der Waals surface area contributed by atoms with Gasteiger partial charge in [-0.15, -0.1) is 0 Å². The number of halogens is 3. The third kappa shape index (κ3) is 1.82. The highest BCUT2D eigenvalue weighted by atomic mass is 32.3. The van der Waals surface area contributed by atoms with Gasteiger partial charge in [0.1, 0.15) is 5.75 Å². The Morgan fingerprint density at radius 3 is 2.59 bits per heavy atom. The lowest BCUT2D eigenvalue weighted by Crippen LogP contribution is -2.23. The van der Waals surface area contributed by atoms with Crippen molar-refractivity contribution >= 4 is 21.3 Å². The SMILES string of the molecule is O=S(=O)(F)C(F)(F)c1nc2ccc(O)cc2[nH]1. The maximum absolute atomic E-state index is 13.1. The molecular weight excluding hydrogens is 261 g/mol. The molecule has 0 spiro atoms. The molecule has 5 nitrogen and oxygen atoms in total. The minimum Gasteiger partial charge on any atom is -0.508 e. The summed E-state index contributed by atoms with van der Waals surface area (Å²) in [4.78, 5) is 5.20. The second-order valence-corrected chi connectivity index (χ2v) is 4.63. The first kappa shape index (κ1) is 11.7. The van der Waals surface area contributed by atoms with Gasteiger partial charge in [-0.25, -0.2) is 4.98 Å². The molecule has 17 heavy (non-hydrogen) atoms. The summed E-state index contributed by atoms with van der Waals surface area (Å²) in [6.45, 7) is 0. The minimum atomic E-state index is -6.10. The van der Waals surface area contributed by atoms with Crippen molar-refractivity contribution in [2.45, 2.75) is 5.25 Å².